The molecule has 0 saturated carbocycles. The van der Waals surface area contributed by atoms with E-state index in [0.29, 0.717) is 28.7 Å². The van der Waals surface area contributed by atoms with Gasteiger partial charge in [0, 0.05) is 28.1 Å². The number of rotatable bonds is 10. The highest BCUT2D eigenvalue weighted by atomic mass is 35.5. The van der Waals surface area contributed by atoms with Crippen molar-refractivity contribution in [2.45, 2.75) is 44.8 Å². The van der Waals surface area contributed by atoms with Gasteiger partial charge in [0.25, 0.3) is 5.91 Å². The lowest BCUT2D eigenvalue weighted by molar-refractivity contribution is -0.138. The van der Waals surface area contributed by atoms with Crippen LogP contribution in [-0.4, -0.2) is 64.8 Å². The second-order valence-corrected chi connectivity index (χ2v) is 10.7. The standard InChI is InChI=1S/C29H28ClN9O3/c1-17(31-28(41)29(2,3)42-27(40)20-11-9-19(10-12-20)25-32-36-37-33-25)24(15-18-7-13-23(30)14-8-18)21-5-4-6-22(16-21)26-34-38-39-35-26/h4-14,16-17,24H,15H2,1-3H3,(H,31,41)(H,32,33,36,37)(H,34,35,38,39)/t17-,24+/m0/s1. The van der Waals surface area contributed by atoms with Crippen LogP contribution in [0.3, 0.4) is 0 Å². The van der Waals surface area contributed by atoms with Gasteiger partial charge in [-0.25, -0.2) is 4.79 Å². The van der Waals surface area contributed by atoms with Gasteiger partial charge in [0.15, 0.2) is 5.60 Å². The van der Waals surface area contributed by atoms with Crippen LogP contribution in [0.1, 0.15) is 48.2 Å². The molecule has 0 radical (unpaired) electrons. The molecule has 5 aromatic rings. The van der Waals surface area contributed by atoms with Crippen LogP contribution in [0, 0.1) is 0 Å². The number of carbonyl (C=O) groups is 2. The molecule has 3 aromatic carbocycles. The summed E-state index contributed by atoms with van der Waals surface area (Å²) in [5.41, 5.74) is 2.33. The van der Waals surface area contributed by atoms with Crippen LogP contribution < -0.4 is 5.32 Å². The molecule has 2 aromatic heterocycles. The molecule has 0 spiro atoms. The van der Waals surface area contributed by atoms with Gasteiger partial charge in [-0.3, -0.25) is 4.79 Å². The molecule has 12 nitrogen and oxygen atoms in total. The maximum Gasteiger partial charge on any atom is 0.339 e. The first kappa shape index (κ1) is 28.6. The van der Waals surface area contributed by atoms with Crippen LogP contribution in [0.4, 0.5) is 0 Å². The normalized spacial score (nSPS) is 12.9. The molecule has 0 aliphatic heterocycles. The Bertz CT molecular complexity index is 1640. The summed E-state index contributed by atoms with van der Waals surface area (Å²) in [6.45, 7) is 5.05. The molecule has 214 valence electrons. The van der Waals surface area contributed by atoms with Gasteiger partial charge in [0.1, 0.15) is 0 Å². The van der Waals surface area contributed by atoms with E-state index in [0.717, 1.165) is 16.7 Å². The number of benzene rings is 3. The lowest BCUT2D eigenvalue weighted by Gasteiger charge is -2.30. The minimum atomic E-state index is -1.45. The van der Waals surface area contributed by atoms with Crippen molar-refractivity contribution in [3.05, 3.63) is 94.5 Å². The Morgan fingerprint density at radius 1 is 0.905 bits per heavy atom. The Hall–Kier alpha value is -4.97. The highest BCUT2D eigenvalue weighted by Gasteiger charge is 2.35. The average Bonchev–Trinajstić information content (AvgIpc) is 3.72. The van der Waals surface area contributed by atoms with Gasteiger partial charge in [0.05, 0.1) is 5.56 Å². The van der Waals surface area contributed by atoms with Crippen molar-refractivity contribution in [3.8, 4) is 22.8 Å². The lowest BCUT2D eigenvalue weighted by Crippen LogP contribution is -2.50. The van der Waals surface area contributed by atoms with E-state index in [1.807, 2.05) is 55.5 Å². The van der Waals surface area contributed by atoms with Gasteiger partial charge >= 0.3 is 5.97 Å². The smallest absolute Gasteiger partial charge is 0.339 e. The van der Waals surface area contributed by atoms with Crippen LogP contribution in [0.5, 0.6) is 0 Å². The molecule has 13 heteroatoms. The third-order valence-corrected chi connectivity index (χ3v) is 7.12. The number of nitrogens with one attached hydrogen (secondary N) is 3. The number of hydrogen-bond donors (Lipinski definition) is 3. The summed E-state index contributed by atoms with van der Waals surface area (Å²) in [6.07, 6.45) is 0.612. The van der Waals surface area contributed by atoms with Gasteiger partial charge in [-0.2, -0.15) is 10.4 Å². The van der Waals surface area contributed by atoms with Crippen LogP contribution in [0.25, 0.3) is 22.8 Å². The number of esters is 1. The molecule has 5 rings (SSSR count). The van der Waals surface area contributed by atoms with E-state index in [2.05, 4.69) is 46.6 Å². The summed E-state index contributed by atoms with van der Waals surface area (Å²) in [5.74, 6) is -0.335. The van der Waals surface area contributed by atoms with Gasteiger partial charge in [-0.05, 0) is 79.1 Å². The number of aromatic amines is 2. The van der Waals surface area contributed by atoms with Gasteiger partial charge in [0.2, 0.25) is 11.6 Å². The zero-order chi connectivity index (χ0) is 29.7. The molecule has 42 heavy (non-hydrogen) atoms. The van der Waals surface area contributed by atoms with Crippen molar-refractivity contribution in [3.63, 3.8) is 0 Å². The van der Waals surface area contributed by atoms with Crippen LogP contribution in [0.2, 0.25) is 5.02 Å². The molecular weight excluding hydrogens is 558 g/mol. The first-order chi connectivity index (χ1) is 20.2. The number of amides is 1. The zero-order valence-corrected chi connectivity index (χ0v) is 23.8. The van der Waals surface area contributed by atoms with Crippen molar-refractivity contribution in [1.82, 2.24) is 46.6 Å². The van der Waals surface area contributed by atoms with Gasteiger partial charge in [-0.1, -0.05) is 54.1 Å². The van der Waals surface area contributed by atoms with Crippen molar-refractivity contribution in [2.75, 3.05) is 0 Å². The predicted molar refractivity (Wildman–Crippen MR) is 154 cm³/mol. The number of carbonyl (C=O) groups excluding carboxylic acids is 2. The maximum atomic E-state index is 13.5. The van der Waals surface area contributed by atoms with E-state index in [4.69, 9.17) is 16.3 Å². The van der Waals surface area contributed by atoms with Gasteiger partial charge in [-0.15, -0.1) is 20.4 Å². The summed E-state index contributed by atoms with van der Waals surface area (Å²) in [5, 5.41) is 31.8. The van der Waals surface area contributed by atoms with Gasteiger partial charge < -0.3 is 10.1 Å². The molecule has 0 fully saturated rings. The third kappa shape index (κ3) is 6.66. The highest BCUT2D eigenvalue weighted by molar-refractivity contribution is 6.30. The fourth-order valence-corrected chi connectivity index (χ4v) is 4.63. The molecule has 3 N–H and O–H groups in total. The second-order valence-electron chi connectivity index (χ2n) is 10.3. The Kier molecular flexibility index (Phi) is 8.34. The number of H-pyrrole nitrogens is 2. The summed E-state index contributed by atoms with van der Waals surface area (Å²) in [6, 6.07) is 21.6. The van der Waals surface area contributed by atoms with Crippen molar-refractivity contribution in [1.29, 1.82) is 0 Å². The molecule has 0 saturated heterocycles. The second kappa shape index (κ2) is 12.3. The zero-order valence-electron chi connectivity index (χ0n) is 23.1. The molecule has 0 unspecified atom stereocenters. The number of nitrogens with zero attached hydrogens (tertiary/aromatic N) is 6. The van der Waals surface area contributed by atoms with E-state index in [-0.39, 0.29) is 17.5 Å². The number of halogens is 1. The van der Waals surface area contributed by atoms with E-state index in [1.54, 1.807) is 38.1 Å². The van der Waals surface area contributed by atoms with E-state index >= 15 is 0 Å². The largest absolute Gasteiger partial charge is 0.446 e. The van der Waals surface area contributed by atoms with Crippen LogP contribution in [0.15, 0.2) is 72.8 Å². The minimum Gasteiger partial charge on any atom is -0.446 e. The SMILES string of the molecule is C[C@H](NC(=O)C(C)(C)OC(=O)c1ccc(-c2nn[nH]n2)cc1)[C@@H](Cc1ccc(Cl)cc1)c1cccc(-c2nn[nH]n2)c1. The first-order valence-electron chi connectivity index (χ1n) is 13.2. The summed E-state index contributed by atoms with van der Waals surface area (Å²) >= 11 is 6.11. The van der Waals surface area contributed by atoms with Crippen molar-refractivity contribution < 1.29 is 14.3 Å². The number of hydrogen-bond acceptors (Lipinski definition) is 9. The minimum absolute atomic E-state index is 0.147. The summed E-state index contributed by atoms with van der Waals surface area (Å²) in [4.78, 5) is 26.4. The van der Waals surface area contributed by atoms with E-state index in [1.165, 1.54) is 0 Å². The predicted octanol–water partition coefficient (Wildman–Crippen LogP) is 4.17. The Labute approximate surface area is 246 Å². The van der Waals surface area contributed by atoms with E-state index in [9.17, 15) is 9.59 Å². The quantitative estimate of drug-likeness (QED) is 0.204. The molecule has 1 amide bonds. The average molecular weight is 586 g/mol. The van der Waals surface area contributed by atoms with Crippen molar-refractivity contribution >= 4 is 23.5 Å². The number of tetrazole rings is 2. The molecule has 2 atom stereocenters. The Balaban J connectivity index is 1.32. The fourth-order valence-electron chi connectivity index (χ4n) is 4.51. The maximum absolute atomic E-state index is 13.5. The molecule has 0 aliphatic rings. The molecule has 0 bridgehead atoms. The summed E-state index contributed by atoms with van der Waals surface area (Å²) in [7, 11) is 0. The monoisotopic (exact) mass is 585 g/mol. The number of ether oxygens (including phenoxy) is 1. The molecule has 2 heterocycles. The lowest BCUT2D eigenvalue weighted by atomic mass is 9.85. The summed E-state index contributed by atoms with van der Waals surface area (Å²) < 4.78 is 5.66. The number of aromatic nitrogens is 8. The van der Waals surface area contributed by atoms with Crippen LogP contribution >= 0.6 is 11.6 Å². The highest BCUT2D eigenvalue weighted by Crippen LogP contribution is 2.29. The topological polar surface area (TPSA) is 164 Å². The Morgan fingerprint density at radius 3 is 2.17 bits per heavy atom. The van der Waals surface area contributed by atoms with Crippen LogP contribution in [-0.2, 0) is 16.0 Å². The van der Waals surface area contributed by atoms with E-state index < -0.39 is 17.5 Å². The molecule has 0 aliphatic carbocycles. The van der Waals surface area contributed by atoms with Crippen molar-refractivity contribution in [2.24, 2.45) is 0 Å². The fraction of sp³-hybridized carbons (Fsp3) is 0.241. The Morgan fingerprint density at radius 2 is 1.55 bits per heavy atom. The molecular formula is C29H28ClN9O3. The first-order valence-corrected chi connectivity index (χ1v) is 13.5. The third-order valence-electron chi connectivity index (χ3n) is 6.87.